The van der Waals surface area contributed by atoms with Crippen molar-refractivity contribution in [3.63, 3.8) is 0 Å². The molecule has 4 aromatic rings. The monoisotopic (exact) mass is 474 g/mol. The van der Waals surface area contributed by atoms with Gasteiger partial charge in [0.05, 0.1) is 24.6 Å². The highest BCUT2D eigenvalue weighted by atomic mass is 16.5. The van der Waals surface area contributed by atoms with Crippen molar-refractivity contribution in [3.8, 4) is 28.5 Å². The Morgan fingerprint density at radius 2 is 1.91 bits per heavy atom. The van der Waals surface area contributed by atoms with Gasteiger partial charge in [0, 0.05) is 17.2 Å². The minimum atomic E-state index is -0.298. The number of benzene rings is 2. The van der Waals surface area contributed by atoms with E-state index < -0.39 is 0 Å². The highest BCUT2D eigenvalue weighted by Gasteiger charge is 2.18. The van der Waals surface area contributed by atoms with Crippen molar-refractivity contribution in [2.45, 2.75) is 33.0 Å². The number of hydrogen-bond acceptors (Lipinski definition) is 6. The van der Waals surface area contributed by atoms with E-state index in [0.717, 1.165) is 11.3 Å². The van der Waals surface area contributed by atoms with Crippen LogP contribution < -0.4 is 15.6 Å². The summed E-state index contributed by atoms with van der Waals surface area (Å²) in [4.78, 5) is 33.2. The van der Waals surface area contributed by atoms with Gasteiger partial charge in [-0.3, -0.25) is 14.2 Å². The number of aromatic nitrogens is 2. The lowest BCUT2D eigenvalue weighted by Gasteiger charge is -2.15. The van der Waals surface area contributed by atoms with Gasteiger partial charge in [0.2, 0.25) is 5.91 Å². The van der Waals surface area contributed by atoms with E-state index >= 15 is 0 Å². The van der Waals surface area contributed by atoms with Crippen molar-refractivity contribution in [1.82, 2.24) is 19.8 Å². The van der Waals surface area contributed by atoms with Crippen LogP contribution in [-0.4, -0.2) is 47.6 Å². The first-order valence-electron chi connectivity index (χ1n) is 11.5. The Bertz CT molecular complexity index is 1420. The van der Waals surface area contributed by atoms with Crippen molar-refractivity contribution in [2.24, 2.45) is 0 Å². The van der Waals surface area contributed by atoms with Crippen molar-refractivity contribution < 1.29 is 13.9 Å². The van der Waals surface area contributed by atoms with Crippen LogP contribution in [0.15, 0.2) is 63.8 Å². The molecule has 0 unspecified atom stereocenters. The lowest BCUT2D eigenvalue weighted by molar-refractivity contribution is -0.122. The number of fused-ring (bicyclic) bond motifs is 1. The molecule has 0 saturated carbocycles. The molecule has 0 spiro atoms. The van der Waals surface area contributed by atoms with Crippen LogP contribution in [0.4, 0.5) is 0 Å². The van der Waals surface area contributed by atoms with Gasteiger partial charge in [-0.05, 0) is 70.4 Å². The number of carbonyl (C=O) groups excluding carboxylic acids is 1. The highest BCUT2D eigenvalue weighted by molar-refractivity contribution is 5.85. The molecular formula is C27H30N4O4. The molecule has 2 aromatic heterocycles. The predicted octanol–water partition coefficient (Wildman–Crippen LogP) is 3.92. The predicted molar refractivity (Wildman–Crippen MR) is 136 cm³/mol. The third-order valence-electron chi connectivity index (χ3n) is 5.45. The quantitative estimate of drug-likeness (QED) is 0.416. The normalized spacial score (nSPS) is 11.4. The van der Waals surface area contributed by atoms with Crippen LogP contribution in [0.5, 0.6) is 5.75 Å². The summed E-state index contributed by atoms with van der Waals surface area (Å²) in [6.07, 6.45) is 0. The smallest absolute Gasteiger partial charge is 0.262 e. The largest absolute Gasteiger partial charge is 0.497 e. The van der Waals surface area contributed by atoms with Gasteiger partial charge in [0.15, 0.2) is 0 Å². The molecule has 0 saturated heterocycles. The summed E-state index contributed by atoms with van der Waals surface area (Å²) in [6, 6.07) is 16.5. The van der Waals surface area contributed by atoms with E-state index in [0.29, 0.717) is 40.3 Å². The molecule has 1 amide bonds. The van der Waals surface area contributed by atoms with Gasteiger partial charge in [0.25, 0.3) is 5.56 Å². The zero-order chi connectivity index (χ0) is 25.1. The summed E-state index contributed by atoms with van der Waals surface area (Å²) >= 11 is 0. The fourth-order valence-electron chi connectivity index (χ4n) is 3.94. The molecule has 0 bridgehead atoms. The van der Waals surface area contributed by atoms with E-state index in [9.17, 15) is 9.59 Å². The number of ether oxygens (including phenoxy) is 1. The summed E-state index contributed by atoms with van der Waals surface area (Å²) in [5.74, 6) is 2.28. The SMILES string of the molecule is COc1cccc(-c2nc3ccc(-c4ccc(CN(C)C)o4)cc3c(=O)n2CC(=O)NC(C)C)c1. The number of hydrogen-bond donors (Lipinski definition) is 1. The molecule has 2 aromatic carbocycles. The average molecular weight is 475 g/mol. The number of rotatable bonds is 8. The Labute approximate surface area is 204 Å². The lowest BCUT2D eigenvalue weighted by atomic mass is 10.1. The van der Waals surface area contributed by atoms with E-state index in [-0.39, 0.29) is 24.1 Å². The molecule has 182 valence electrons. The average Bonchev–Trinajstić information content (AvgIpc) is 3.28. The topological polar surface area (TPSA) is 89.6 Å². The molecule has 8 nitrogen and oxygen atoms in total. The lowest BCUT2D eigenvalue weighted by Crippen LogP contribution is -2.37. The second kappa shape index (κ2) is 10.1. The van der Waals surface area contributed by atoms with Gasteiger partial charge in [-0.2, -0.15) is 0 Å². The van der Waals surface area contributed by atoms with Gasteiger partial charge in [-0.1, -0.05) is 12.1 Å². The molecule has 1 N–H and O–H groups in total. The van der Waals surface area contributed by atoms with Crippen LogP contribution in [0.1, 0.15) is 19.6 Å². The third kappa shape index (κ3) is 5.44. The number of methoxy groups -OCH3 is 1. The van der Waals surface area contributed by atoms with E-state index in [1.165, 1.54) is 4.57 Å². The Balaban J connectivity index is 1.85. The second-order valence-corrected chi connectivity index (χ2v) is 9.02. The van der Waals surface area contributed by atoms with Gasteiger partial charge in [-0.15, -0.1) is 0 Å². The Morgan fingerprint density at radius 1 is 1.11 bits per heavy atom. The van der Waals surface area contributed by atoms with Crippen LogP contribution in [0, 0.1) is 0 Å². The van der Waals surface area contributed by atoms with Gasteiger partial charge < -0.3 is 19.4 Å². The van der Waals surface area contributed by atoms with Gasteiger partial charge in [0.1, 0.15) is 29.6 Å². The minimum Gasteiger partial charge on any atom is -0.497 e. The van der Waals surface area contributed by atoms with E-state index in [4.69, 9.17) is 14.1 Å². The van der Waals surface area contributed by atoms with Crippen LogP contribution in [0.25, 0.3) is 33.6 Å². The summed E-state index contributed by atoms with van der Waals surface area (Å²) in [5, 5.41) is 3.27. The Hall–Kier alpha value is -3.91. The fraction of sp³-hybridized carbons (Fsp3) is 0.296. The maximum Gasteiger partial charge on any atom is 0.262 e. The number of carbonyl (C=O) groups is 1. The summed E-state index contributed by atoms with van der Waals surface area (Å²) in [7, 11) is 5.53. The molecular weight excluding hydrogens is 444 g/mol. The first-order chi connectivity index (χ1) is 16.7. The van der Waals surface area contributed by atoms with E-state index in [1.54, 1.807) is 19.2 Å². The molecule has 35 heavy (non-hydrogen) atoms. The molecule has 8 heteroatoms. The molecule has 0 aliphatic carbocycles. The second-order valence-electron chi connectivity index (χ2n) is 9.02. The standard InChI is InChI=1S/C27H30N4O4/c1-17(2)28-25(32)16-31-26(19-7-6-8-20(13-19)34-5)29-23-11-9-18(14-22(23)27(31)33)24-12-10-21(35-24)15-30(3)4/h6-14,17H,15-16H2,1-5H3,(H,28,32). The van der Waals surface area contributed by atoms with Crippen molar-refractivity contribution >= 4 is 16.8 Å². The molecule has 0 fully saturated rings. The maximum atomic E-state index is 13.7. The van der Waals surface area contributed by atoms with Crippen LogP contribution in [0.2, 0.25) is 0 Å². The van der Waals surface area contributed by atoms with Crippen LogP contribution in [0.3, 0.4) is 0 Å². The zero-order valence-corrected chi connectivity index (χ0v) is 20.7. The van der Waals surface area contributed by atoms with Crippen molar-refractivity contribution in [3.05, 3.63) is 70.7 Å². The van der Waals surface area contributed by atoms with Gasteiger partial charge >= 0.3 is 0 Å². The number of amides is 1. The number of nitrogens with zero attached hydrogens (tertiary/aromatic N) is 3. The highest BCUT2D eigenvalue weighted by Crippen LogP contribution is 2.27. The minimum absolute atomic E-state index is 0.0474. The maximum absolute atomic E-state index is 13.7. The van der Waals surface area contributed by atoms with Crippen molar-refractivity contribution in [2.75, 3.05) is 21.2 Å². The van der Waals surface area contributed by atoms with Crippen LogP contribution in [-0.2, 0) is 17.9 Å². The van der Waals surface area contributed by atoms with E-state index in [1.807, 2.05) is 75.3 Å². The summed E-state index contributed by atoms with van der Waals surface area (Å²) in [6.45, 7) is 4.28. The first kappa shape index (κ1) is 24.2. The molecule has 0 aliphatic heterocycles. The number of nitrogens with one attached hydrogen (secondary N) is 1. The molecule has 0 radical (unpaired) electrons. The molecule has 4 rings (SSSR count). The molecule has 0 atom stereocenters. The van der Waals surface area contributed by atoms with E-state index in [2.05, 4.69) is 5.32 Å². The summed E-state index contributed by atoms with van der Waals surface area (Å²) < 4.78 is 12.7. The van der Waals surface area contributed by atoms with Crippen LogP contribution >= 0.6 is 0 Å². The zero-order valence-electron chi connectivity index (χ0n) is 20.7. The Morgan fingerprint density at radius 3 is 2.63 bits per heavy atom. The molecule has 2 heterocycles. The van der Waals surface area contributed by atoms with Crippen molar-refractivity contribution in [1.29, 1.82) is 0 Å². The fourth-order valence-corrected chi connectivity index (χ4v) is 3.94. The first-order valence-corrected chi connectivity index (χ1v) is 11.5. The summed E-state index contributed by atoms with van der Waals surface area (Å²) in [5.41, 5.74) is 1.70. The third-order valence-corrected chi connectivity index (χ3v) is 5.45. The molecule has 0 aliphatic rings. The van der Waals surface area contributed by atoms with Gasteiger partial charge in [-0.25, -0.2) is 4.98 Å². The Kier molecular flexibility index (Phi) is 7.02. The number of furan rings is 1.